The van der Waals surface area contributed by atoms with Gasteiger partial charge in [-0.05, 0) is 56.4 Å². The Morgan fingerprint density at radius 3 is 2.75 bits per heavy atom. The van der Waals surface area contributed by atoms with E-state index in [1.165, 1.54) is 15.6 Å². The van der Waals surface area contributed by atoms with Crippen molar-refractivity contribution in [3.05, 3.63) is 68.5 Å². The standard InChI is InChI=1S/C16H13BrClNS/c17-13-6-3-5-11-12(9-20-16(11)13)15(19)8-10-4-1-2-7-14(10)18/h1-7,9,15H,8,19H2. The monoisotopic (exact) mass is 365 g/mol. The Morgan fingerprint density at radius 2 is 1.95 bits per heavy atom. The minimum absolute atomic E-state index is 0.0436. The van der Waals surface area contributed by atoms with Gasteiger partial charge in [0.25, 0.3) is 0 Å². The topological polar surface area (TPSA) is 26.0 Å². The number of nitrogens with two attached hydrogens (primary N) is 1. The van der Waals surface area contributed by atoms with Gasteiger partial charge in [0.2, 0.25) is 0 Å². The quantitative estimate of drug-likeness (QED) is 0.645. The average molecular weight is 367 g/mol. The second-order valence-corrected chi connectivity index (χ2v) is 6.85. The summed E-state index contributed by atoms with van der Waals surface area (Å²) < 4.78 is 2.37. The smallest absolute Gasteiger partial charge is 0.0488 e. The van der Waals surface area contributed by atoms with Crippen LogP contribution in [0.4, 0.5) is 0 Å². The van der Waals surface area contributed by atoms with Crippen molar-refractivity contribution >= 4 is 49.0 Å². The summed E-state index contributed by atoms with van der Waals surface area (Å²) in [6.45, 7) is 0. The van der Waals surface area contributed by atoms with Crippen LogP contribution in [0.5, 0.6) is 0 Å². The van der Waals surface area contributed by atoms with Crippen molar-refractivity contribution in [1.29, 1.82) is 0 Å². The summed E-state index contributed by atoms with van der Waals surface area (Å²) >= 11 is 11.5. The summed E-state index contributed by atoms with van der Waals surface area (Å²) in [5.41, 5.74) is 8.67. The maximum Gasteiger partial charge on any atom is 0.0488 e. The molecule has 0 bridgehead atoms. The van der Waals surface area contributed by atoms with Crippen LogP contribution in [0.2, 0.25) is 5.02 Å². The lowest BCUT2D eigenvalue weighted by Crippen LogP contribution is -2.13. The number of hydrogen-bond donors (Lipinski definition) is 1. The van der Waals surface area contributed by atoms with E-state index < -0.39 is 0 Å². The van der Waals surface area contributed by atoms with Gasteiger partial charge < -0.3 is 5.73 Å². The van der Waals surface area contributed by atoms with Gasteiger partial charge in [-0.15, -0.1) is 11.3 Å². The molecule has 0 amide bonds. The molecule has 0 spiro atoms. The minimum Gasteiger partial charge on any atom is -0.324 e. The third kappa shape index (κ3) is 2.63. The van der Waals surface area contributed by atoms with Gasteiger partial charge in [0.15, 0.2) is 0 Å². The summed E-state index contributed by atoms with van der Waals surface area (Å²) in [6.07, 6.45) is 0.748. The van der Waals surface area contributed by atoms with Crippen LogP contribution >= 0.6 is 38.9 Å². The first-order chi connectivity index (χ1) is 9.66. The number of rotatable bonds is 3. The summed E-state index contributed by atoms with van der Waals surface area (Å²) in [7, 11) is 0. The van der Waals surface area contributed by atoms with Crippen LogP contribution < -0.4 is 5.73 Å². The van der Waals surface area contributed by atoms with E-state index in [1.54, 1.807) is 11.3 Å². The predicted octanol–water partition coefficient (Wildman–Crippen LogP) is 5.56. The lowest BCUT2D eigenvalue weighted by atomic mass is 9.99. The number of benzene rings is 2. The number of halogens is 2. The van der Waals surface area contributed by atoms with Gasteiger partial charge >= 0.3 is 0 Å². The van der Waals surface area contributed by atoms with Crippen LogP contribution in [0.3, 0.4) is 0 Å². The molecule has 0 aliphatic rings. The van der Waals surface area contributed by atoms with Crippen LogP contribution in [0.15, 0.2) is 52.3 Å². The zero-order chi connectivity index (χ0) is 14.1. The summed E-state index contributed by atoms with van der Waals surface area (Å²) in [5.74, 6) is 0. The summed E-state index contributed by atoms with van der Waals surface area (Å²) in [6, 6.07) is 14.1. The average Bonchev–Trinajstić information content (AvgIpc) is 2.87. The first-order valence-electron chi connectivity index (χ1n) is 6.31. The van der Waals surface area contributed by atoms with Crippen LogP contribution in [-0.4, -0.2) is 0 Å². The van der Waals surface area contributed by atoms with Gasteiger partial charge in [-0.3, -0.25) is 0 Å². The molecule has 3 aromatic rings. The lowest BCUT2D eigenvalue weighted by molar-refractivity contribution is 0.730. The highest BCUT2D eigenvalue weighted by Gasteiger charge is 2.14. The molecule has 20 heavy (non-hydrogen) atoms. The fraction of sp³-hybridized carbons (Fsp3) is 0.125. The van der Waals surface area contributed by atoms with E-state index >= 15 is 0 Å². The highest BCUT2D eigenvalue weighted by Crippen LogP contribution is 2.35. The molecule has 0 aliphatic carbocycles. The zero-order valence-corrected chi connectivity index (χ0v) is 13.8. The van der Waals surface area contributed by atoms with Crippen LogP contribution in [0.25, 0.3) is 10.1 Å². The molecule has 0 fully saturated rings. The zero-order valence-electron chi connectivity index (χ0n) is 10.6. The van der Waals surface area contributed by atoms with Crippen LogP contribution in [0, 0.1) is 0 Å². The van der Waals surface area contributed by atoms with Crippen molar-refractivity contribution in [3.63, 3.8) is 0 Å². The highest BCUT2D eigenvalue weighted by atomic mass is 79.9. The molecule has 1 nitrogen and oxygen atoms in total. The molecule has 3 rings (SSSR count). The molecular formula is C16H13BrClNS. The lowest BCUT2D eigenvalue weighted by Gasteiger charge is -2.12. The normalized spacial score (nSPS) is 12.8. The van der Waals surface area contributed by atoms with Crippen molar-refractivity contribution in [2.24, 2.45) is 5.73 Å². The second kappa shape index (κ2) is 5.86. The largest absolute Gasteiger partial charge is 0.324 e. The number of fused-ring (bicyclic) bond motifs is 1. The molecule has 1 atom stereocenters. The highest BCUT2D eigenvalue weighted by molar-refractivity contribution is 9.10. The Labute approximate surface area is 135 Å². The number of hydrogen-bond acceptors (Lipinski definition) is 2. The first kappa shape index (κ1) is 14.1. The van der Waals surface area contributed by atoms with E-state index in [0.717, 1.165) is 21.5 Å². The van der Waals surface area contributed by atoms with Crippen LogP contribution in [0.1, 0.15) is 17.2 Å². The Bertz CT molecular complexity index is 753. The first-order valence-corrected chi connectivity index (χ1v) is 8.36. The van der Waals surface area contributed by atoms with Gasteiger partial charge in [0, 0.05) is 20.2 Å². The van der Waals surface area contributed by atoms with Gasteiger partial charge in [-0.25, -0.2) is 0 Å². The fourth-order valence-corrected chi connectivity index (χ4v) is 4.24. The number of thiophene rings is 1. The van der Waals surface area contributed by atoms with Gasteiger partial charge in [0.05, 0.1) is 0 Å². The second-order valence-electron chi connectivity index (χ2n) is 4.71. The Kier molecular flexibility index (Phi) is 4.13. The minimum atomic E-state index is -0.0436. The fourth-order valence-electron chi connectivity index (χ4n) is 2.34. The molecule has 0 saturated heterocycles. The molecule has 0 radical (unpaired) electrons. The molecule has 4 heteroatoms. The van der Waals surface area contributed by atoms with Gasteiger partial charge in [-0.1, -0.05) is 41.9 Å². The third-order valence-corrected chi connectivity index (χ3v) is 5.72. The molecule has 1 unspecified atom stereocenters. The molecule has 1 heterocycles. The van der Waals surface area contributed by atoms with Gasteiger partial charge in [-0.2, -0.15) is 0 Å². The van der Waals surface area contributed by atoms with Crippen molar-refractivity contribution < 1.29 is 0 Å². The van der Waals surface area contributed by atoms with E-state index in [4.69, 9.17) is 17.3 Å². The van der Waals surface area contributed by atoms with E-state index in [2.05, 4.69) is 33.4 Å². The van der Waals surface area contributed by atoms with E-state index in [-0.39, 0.29) is 6.04 Å². The maximum atomic E-state index is 6.39. The molecule has 2 N–H and O–H groups in total. The van der Waals surface area contributed by atoms with Crippen molar-refractivity contribution in [3.8, 4) is 0 Å². The summed E-state index contributed by atoms with van der Waals surface area (Å²) in [4.78, 5) is 0. The Hall–Kier alpha value is -0.870. The summed E-state index contributed by atoms with van der Waals surface area (Å²) in [5, 5.41) is 4.16. The van der Waals surface area contributed by atoms with Gasteiger partial charge in [0.1, 0.15) is 0 Å². The Morgan fingerprint density at radius 1 is 1.15 bits per heavy atom. The van der Waals surface area contributed by atoms with E-state index in [9.17, 15) is 0 Å². The molecule has 0 aliphatic heterocycles. The molecule has 1 aromatic heterocycles. The maximum absolute atomic E-state index is 6.39. The molecular weight excluding hydrogens is 354 g/mol. The SMILES string of the molecule is NC(Cc1ccccc1Cl)c1csc2c(Br)cccc12. The molecule has 102 valence electrons. The van der Waals surface area contributed by atoms with E-state index in [1.807, 2.05) is 30.3 Å². The molecule has 0 saturated carbocycles. The van der Waals surface area contributed by atoms with E-state index in [0.29, 0.717) is 0 Å². The van der Waals surface area contributed by atoms with Crippen molar-refractivity contribution in [1.82, 2.24) is 0 Å². The Balaban J connectivity index is 1.95. The van der Waals surface area contributed by atoms with Crippen molar-refractivity contribution in [2.75, 3.05) is 0 Å². The predicted molar refractivity (Wildman–Crippen MR) is 91.6 cm³/mol. The molecule has 2 aromatic carbocycles. The van der Waals surface area contributed by atoms with Crippen LogP contribution in [-0.2, 0) is 6.42 Å². The van der Waals surface area contributed by atoms with Crippen molar-refractivity contribution in [2.45, 2.75) is 12.5 Å². The third-order valence-electron chi connectivity index (χ3n) is 3.38.